The van der Waals surface area contributed by atoms with Gasteiger partial charge in [0.25, 0.3) is 0 Å². The number of para-hydroxylation sites is 4. The molecule has 4 nitrogen and oxygen atoms in total. The Bertz CT molecular complexity index is 2750. The van der Waals surface area contributed by atoms with Gasteiger partial charge in [0, 0.05) is 32.8 Å². The van der Waals surface area contributed by atoms with Gasteiger partial charge in [-0.05, 0) is 77.4 Å². The normalized spacial score (nSPS) is 11.3. The summed E-state index contributed by atoms with van der Waals surface area (Å²) in [6.07, 6.45) is 0. The second kappa shape index (κ2) is 10.9. The molecule has 0 bridgehead atoms. The molecule has 48 heavy (non-hydrogen) atoms. The molecule has 0 N–H and O–H groups in total. The van der Waals surface area contributed by atoms with Gasteiger partial charge in [0.2, 0.25) is 0 Å². The highest BCUT2D eigenvalue weighted by molar-refractivity contribution is 6.11. The Morgan fingerprint density at radius 1 is 0.375 bits per heavy atom. The van der Waals surface area contributed by atoms with Crippen LogP contribution in [0.1, 0.15) is 11.1 Å². The number of hydrogen-bond donors (Lipinski definition) is 0. The molecule has 2 heterocycles. The van der Waals surface area contributed by atoms with Gasteiger partial charge in [-0.25, -0.2) is 0 Å². The van der Waals surface area contributed by atoms with Crippen LogP contribution < -0.4 is 0 Å². The Hall–Kier alpha value is -6.88. The lowest BCUT2D eigenvalue weighted by atomic mass is 9.91. The van der Waals surface area contributed by atoms with E-state index in [9.17, 15) is 10.5 Å². The van der Waals surface area contributed by atoms with Crippen molar-refractivity contribution in [3.63, 3.8) is 0 Å². The van der Waals surface area contributed by atoms with Crippen molar-refractivity contribution in [2.45, 2.75) is 0 Å². The smallest absolute Gasteiger partial charge is 0.0992 e. The number of hydrogen-bond acceptors (Lipinski definition) is 2. The summed E-state index contributed by atoms with van der Waals surface area (Å²) >= 11 is 0. The fraction of sp³-hybridized carbons (Fsp3) is 0. The Morgan fingerprint density at radius 3 is 1.54 bits per heavy atom. The number of nitrogens with zero attached hydrogens (tertiary/aromatic N) is 4. The molecule has 0 radical (unpaired) electrons. The van der Waals surface area contributed by atoms with Crippen molar-refractivity contribution in [2.75, 3.05) is 0 Å². The molecular formula is C44H26N4. The first-order valence-electron chi connectivity index (χ1n) is 15.9. The van der Waals surface area contributed by atoms with Crippen LogP contribution in [0.2, 0.25) is 0 Å². The molecule has 0 saturated carbocycles. The Morgan fingerprint density at radius 2 is 0.896 bits per heavy atom. The van der Waals surface area contributed by atoms with Gasteiger partial charge >= 0.3 is 0 Å². The van der Waals surface area contributed by atoms with E-state index in [1.54, 1.807) is 0 Å². The summed E-state index contributed by atoms with van der Waals surface area (Å²) < 4.78 is 4.57. The molecule has 222 valence electrons. The van der Waals surface area contributed by atoms with Crippen LogP contribution in [0, 0.1) is 22.7 Å². The van der Waals surface area contributed by atoms with E-state index in [1.807, 2.05) is 30.3 Å². The minimum Gasteiger partial charge on any atom is -0.309 e. The quantitative estimate of drug-likeness (QED) is 0.199. The zero-order chi connectivity index (χ0) is 32.2. The summed E-state index contributed by atoms with van der Waals surface area (Å²) in [6, 6.07) is 59.0. The molecule has 0 atom stereocenters. The Kier molecular flexibility index (Phi) is 6.22. The van der Waals surface area contributed by atoms with Gasteiger partial charge in [0.1, 0.15) is 0 Å². The van der Waals surface area contributed by atoms with Crippen molar-refractivity contribution in [3.05, 3.63) is 169 Å². The second-order valence-electron chi connectivity index (χ2n) is 12.0. The zero-order valence-corrected chi connectivity index (χ0v) is 25.8. The van der Waals surface area contributed by atoms with E-state index < -0.39 is 0 Å². The van der Waals surface area contributed by atoms with Crippen molar-refractivity contribution in [3.8, 4) is 45.8 Å². The van der Waals surface area contributed by atoms with Crippen molar-refractivity contribution >= 4 is 43.6 Å². The zero-order valence-electron chi connectivity index (χ0n) is 25.8. The van der Waals surface area contributed by atoms with Crippen LogP contribution in [-0.4, -0.2) is 9.13 Å². The fourth-order valence-corrected chi connectivity index (χ4v) is 7.28. The van der Waals surface area contributed by atoms with Crippen LogP contribution >= 0.6 is 0 Å². The minimum absolute atomic E-state index is 0.612. The average Bonchev–Trinajstić information content (AvgIpc) is 3.67. The summed E-state index contributed by atoms with van der Waals surface area (Å²) in [5.41, 5.74) is 11.8. The van der Waals surface area contributed by atoms with E-state index in [0.717, 1.165) is 66.5 Å². The van der Waals surface area contributed by atoms with E-state index in [2.05, 4.69) is 149 Å². The number of aromatic nitrogens is 2. The standard InChI is InChI=1S/C44H26N4/c45-27-29-17-23-33(31-19-21-32(22-20-31)47-40-13-5-1-11-36(40)38-24-18-30(28-46)26-44(38)47)39(25-29)37-12-4-8-16-43(37)48-41-14-6-2-9-34(41)35-10-3-7-15-42(35)48/h1-26H. The lowest BCUT2D eigenvalue weighted by molar-refractivity contribution is 1.18. The molecule has 0 aliphatic heterocycles. The molecule has 0 amide bonds. The monoisotopic (exact) mass is 610 g/mol. The maximum Gasteiger partial charge on any atom is 0.0992 e. The molecule has 0 spiro atoms. The number of nitriles is 2. The topological polar surface area (TPSA) is 57.4 Å². The third-order valence-corrected chi connectivity index (χ3v) is 9.40. The molecule has 9 rings (SSSR count). The number of rotatable bonds is 4. The van der Waals surface area contributed by atoms with Crippen LogP contribution in [0.15, 0.2) is 158 Å². The van der Waals surface area contributed by atoms with E-state index in [0.29, 0.717) is 11.1 Å². The maximum absolute atomic E-state index is 9.98. The summed E-state index contributed by atoms with van der Waals surface area (Å²) in [5, 5.41) is 24.3. The van der Waals surface area contributed by atoms with Crippen LogP contribution in [0.4, 0.5) is 0 Å². The third-order valence-electron chi connectivity index (χ3n) is 9.40. The second-order valence-corrected chi connectivity index (χ2v) is 12.0. The van der Waals surface area contributed by atoms with Crippen molar-refractivity contribution < 1.29 is 0 Å². The third kappa shape index (κ3) is 4.14. The van der Waals surface area contributed by atoms with E-state index in [1.165, 1.54) is 10.8 Å². The van der Waals surface area contributed by atoms with Crippen molar-refractivity contribution in [2.24, 2.45) is 0 Å². The average molecular weight is 611 g/mol. The lowest BCUT2D eigenvalue weighted by Crippen LogP contribution is -1.98. The highest BCUT2D eigenvalue weighted by Crippen LogP contribution is 2.40. The molecule has 9 aromatic rings. The van der Waals surface area contributed by atoms with E-state index in [4.69, 9.17) is 0 Å². The molecular weight excluding hydrogens is 585 g/mol. The molecule has 0 aliphatic rings. The molecule has 4 heteroatoms. The molecule has 0 fully saturated rings. The fourth-order valence-electron chi connectivity index (χ4n) is 7.28. The van der Waals surface area contributed by atoms with Crippen LogP contribution in [0.5, 0.6) is 0 Å². The van der Waals surface area contributed by atoms with Gasteiger partial charge in [0.15, 0.2) is 0 Å². The van der Waals surface area contributed by atoms with E-state index in [-0.39, 0.29) is 0 Å². The predicted octanol–water partition coefficient (Wildman–Crippen LogP) is 11.0. The van der Waals surface area contributed by atoms with Crippen LogP contribution in [-0.2, 0) is 0 Å². The summed E-state index contributed by atoms with van der Waals surface area (Å²) in [6.45, 7) is 0. The van der Waals surface area contributed by atoms with Gasteiger partial charge in [-0.2, -0.15) is 10.5 Å². The van der Waals surface area contributed by atoms with Gasteiger partial charge in [-0.15, -0.1) is 0 Å². The first-order valence-corrected chi connectivity index (χ1v) is 15.9. The summed E-state index contributed by atoms with van der Waals surface area (Å²) in [7, 11) is 0. The van der Waals surface area contributed by atoms with Gasteiger partial charge in [0.05, 0.1) is 51.0 Å². The van der Waals surface area contributed by atoms with Crippen LogP contribution in [0.3, 0.4) is 0 Å². The Labute approximate surface area is 277 Å². The molecule has 7 aromatic carbocycles. The molecule has 0 aliphatic carbocycles. The lowest BCUT2D eigenvalue weighted by Gasteiger charge is -2.17. The van der Waals surface area contributed by atoms with E-state index >= 15 is 0 Å². The number of benzene rings is 7. The number of fused-ring (bicyclic) bond motifs is 6. The SMILES string of the molecule is N#Cc1ccc(-c2ccc(-n3c4ccccc4c4ccc(C#N)cc43)cc2)c(-c2ccccc2-n2c3ccccc3c3ccccc32)c1. The van der Waals surface area contributed by atoms with Crippen molar-refractivity contribution in [1.82, 2.24) is 9.13 Å². The van der Waals surface area contributed by atoms with Crippen LogP contribution in [0.25, 0.3) is 77.2 Å². The first-order chi connectivity index (χ1) is 23.7. The summed E-state index contributed by atoms with van der Waals surface area (Å²) in [4.78, 5) is 0. The molecule has 0 unspecified atom stereocenters. The molecule has 0 saturated heterocycles. The highest BCUT2D eigenvalue weighted by atomic mass is 15.0. The van der Waals surface area contributed by atoms with Gasteiger partial charge < -0.3 is 9.13 Å². The minimum atomic E-state index is 0.612. The van der Waals surface area contributed by atoms with Gasteiger partial charge in [-0.1, -0.05) is 97.1 Å². The first kappa shape index (κ1) is 27.4. The predicted molar refractivity (Wildman–Crippen MR) is 195 cm³/mol. The van der Waals surface area contributed by atoms with Gasteiger partial charge in [-0.3, -0.25) is 0 Å². The highest BCUT2D eigenvalue weighted by Gasteiger charge is 2.18. The maximum atomic E-state index is 9.98. The Balaban J connectivity index is 1.24. The summed E-state index contributed by atoms with van der Waals surface area (Å²) in [5.74, 6) is 0. The van der Waals surface area contributed by atoms with Crippen molar-refractivity contribution in [1.29, 1.82) is 10.5 Å². The largest absolute Gasteiger partial charge is 0.309 e. The molecule has 2 aromatic heterocycles.